The van der Waals surface area contributed by atoms with E-state index in [2.05, 4.69) is 49.7 Å². The largest absolute Gasteiger partial charge is 0.348 e. The topological polar surface area (TPSA) is 48.5 Å². The summed E-state index contributed by atoms with van der Waals surface area (Å²) in [4.78, 5) is 21.6. The molecule has 1 unspecified atom stereocenters. The number of hydrogen-bond donors (Lipinski definition) is 1. The van der Waals surface area contributed by atoms with Crippen LogP contribution in [0.5, 0.6) is 0 Å². The van der Waals surface area contributed by atoms with Crippen molar-refractivity contribution >= 4 is 17.2 Å². The van der Waals surface area contributed by atoms with E-state index >= 15 is 0 Å². The Morgan fingerprint density at radius 3 is 2.54 bits per heavy atom. The fourth-order valence-electron chi connectivity index (χ4n) is 3.64. The molecule has 1 aliphatic heterocycles. The van der Waals surface area contributed by atoms with E-state index in [1.165, 1.54) is 18.4 Å². The Morgan fingerprint density at radius 2 is 1.88 bits per heavy atom. The second kappa shape index (κ2) is 8.29. The molecule has 1 N–H and O–H groups in total. The number of carbonyl (C=O) groups is 1. The van der Waals surface area contributed by atoms with E-state index in [0.717, 1.165) is 38.4 Å². The van der Waals surface area contributed by atoms with Crippen LogP contribution in [0.4, 0.5) is 0 Å². The zero-order valence-electron chi connectivity index (χ0n) is 15.0. The number of benzene rings is 1. The van der Waals surface area contributed by atoms with Crippen LogP contribution < -0.4 is 5.32 Å². The van der Waals surface area contributed by atoms with Crippen LogP contribution in [0.3, 0.4) is 0 Å². The first-order valence-corrected chi connectivity index (χ1v) is 10.4. The van der Waals surface area contributed by atoms with Crippen molar-refractivity contribution in [1.29, 1.82) is 0 Å². The van der Waals surface area contributed by atoms with Gasteiger partial charge in [0.15, 0.2) is 0 Å². The second-order valence-corrected chi connectivity index (χ2v) is 8.04. The Bertz CT molecular complexity index is 694. The number of nitrogens with one attached hydrogen (secondary N) is 1. The Hall–Kier alpha value is -1.76. The van der Waals surface area contributed by atoms with Gasteiger partial charge >= 0.3 is 0 Å². The van der Waals surface area contributed by atoms with Crippen LogP contribution in [0, 0.1) is 5.92 Å². The number of thiazole rings is 1. The van der Waals surface area contributed by atoms with E-state index in [4.69, 9.17) is 0 Å². The molecule has 0 spiro atoms. The zero-order chi connectivity index (χ0) is 17.8. The first-order chi connectivity index (χ1) is 12.8. The van der Waals surface area contributed by atoms with E-state index < -0.39 is 0 Å². The number of carbonyl (C=O) groups excluding carboxylic acids is 1. The molecule has 1 amide bonds. The summed E-state index contributed by atoms with van der Waals surface area (Å²) in [6.07, 6.45) is 2.43. The maximum Gasteiger partial charge on any atom is 0.234 e. The lowest BCUT2D eigenvalue weighted by atomic mass is 10.0. The molecule has 2 heterocycles. The van der Waals surface area contributed by atoms with Crippen LogP contribution in [0.1, 0.15) is 30.1 Å². The molecule has 1 atom stereocenters. The quantitative estimate of drug-likeness (QED) is 0.814. The van der Waals surface area contributed by atoms with Gasteiger partial charge in [0, 0.05) is 38.1 Å². The molecule has 6 heteroatoms. The predicted octanol–water partition coefficient (Wildman–Crippen LogP) is 2.53. The first kappa shape index (κ1) is 17.6. The highest BCUT2D eigenvalue weighted by Crippen LogP contribution is 2.40. The second-order valence-electron chi connectivity index (χ2n) is 7.33. The van der Waals surface area contributed by atoms with E-state index in [-0.39, 0.29) is 11.9 Å². The lowest BCUT2D eigenvalue weighted by Crippen LogP contribution is -2.49. The van der Waals surface area contributed by atoms with E-state index in [1.807, 2.05) is 11.6 Å². The first-order valence-electron chi connectivity index (χ1n) is 9.44. The third-order valence-corrected chi connectivity index (χ3v) is 5.91. The van der Waals surface area contributed by atoms with Crippen LogP contribution >= 0.6 is 11.3 Å². The smallest absolute Gasteiger partial charge is 0.234 e. The van der Waals surface area contributed by atoms with Gasteiger partial charge in [0.2, 0.25) is 5.91 Å². The molecule has 0 bridgehead atoms. The number of hydrogen-bond acceptors (Lipinski definition) is 5. The van der Waals surface area contributed by atoms with Gasteiger partial charge in [-0.2, -0.15) is 0 Å². The van der Waals surface area contributed by atoms with Crippen molar-refractivity contribution in [2.75, 3.05) is 32.7 Å². The average molecular weight is 371 g/mol. The SMILES string of the molecule is O=C(CN1CCN(Cc2cscn2)CC1)NC(c1ccccc1)C1CC1. The summed E-state index contributed by atoms with van der Waals surface area (Å²) in [5, 5.41) is 5.40. The molecule has 1 aromatic heterocycles. The van der Waals surface area contributed by atoms with E-state index in [9.17, 15) is 4.79 Å². The Balaban J connectivity index is 1.25. The van der Waals surface area contributed by atoms with Crippen molar-refractivity contribution in [2.24, 2.45) is 5.92 Å². The maximum absolute atomic E-state index is 12.6. The minimum absolute atomic E-state index is 0.152. The zero-order valence-corrected chi connectivity index (χ0v) is 15.8. The van der Waals surface area contributed by atoms with Crippen molar-refractivity contribution in [3.05, 3.63) is 52.5 Å². The molecule has 2 aromatic rings. The predicted molar refractivity (Wildman–Crippen MR) is 104 cm³/mol. The summed E-state index contributed by atoms with van der Waals surface area (Å²) < 4.78 is 0. The van der Waals surface area contributed by atoms with Crippen molar-refractivity contribution < 1.29 is 4.79 Å². The van der Waals surface area contributed by atoms with Gasteiger partial charge < -0.3 is 5.32 Å². The number of amides is 1. The molecule has 1 saturated carbocycles. The lowest BCUT2D eigenvalue weighted by Gasteiger charge is -2.34. The lowest BCUT2D eigenvalue weighted by molar-refractivity contribution is -0.123. The summed E-state index contributed by atoms with van der Waals surface area (Å²) in [7, 11) is 0. The van der Waals surface area contributed by atoms with Crippen LogP contribution in [0.25, 0.3) is 0 Å². The number of rotatable bonds is 7. The standard InChI is InChI=1S/C20H26N4OS/c25-19(22-20(17-6-7-17)16-4-2-1-3-5-16)13-24-10-8-23(9-11-24)12-18-14-26-15-21-18/h1-5,14-15,17,20H,6-13H2,(H,22,25). The normalized spacial score (nSPS) is 20.0. The fraction of sp³-hybridized carbons (Fsp3) is 0.500. The molecule has 1 aliphatic carbocycles. The van der Waals surface area contributed by atoms with Gasteiger partial charge in [-0.15, -0.1) is 11.3 Å². The minimum atomic E-state index is 0.152. The van der Waals surface area contributed by atoms with Gasteiger partial charge in [0.05, 0.1) is 23.8 Å². The monoisotopic (exact) mass is 370 g/mol. The van der Waals surface area contributed by atoms with E-state index in [0.29, 0.717) is 12.5 Å². The highest BCUT2D eigenvalue weighted by Gasteiger charge is 2.33. The Labute approximate surface area is 159 Å². The van der Waals surface area contributed by atoms with Crippen molar-refractivity contribution in [1.82, 2.24) is 20.1 Å². The molecule has 138 valence electrons. The van der Waals surface area contributed by atoms with Gasteiger partial charge in [-0.3, -0.25) is 14.6 Å². The highest BCUT2D eigenvalue weighted by molar-refractivity contribution is 7.07. The molecule has 4 rings (SSSR count). The number of nitrogens with zero attached hydrogens (tertiary/aromatic N) is 3. The molecule has 1 aromatic carbocycles. The molecule has 2 aliphatic rings. The molecule has 5 nitrogen and oxygen atoms in total. The van der Waals surface area contributed by atoms with Gasteiger partial charge in [-0.05, 0) is 24.3 Å². The number of aromatic nitrogens is 1. The van der Waals surface area contributed by atoms with E-state index in [1.54, 1.807) is 11.3 Å². The fourth-order valence-corrected chi connectivity index (χ4v) is 4.19. The third kappa shape index (κ3) is 4.69. The molecule has 26 heavy (non-hydrogen) atoms. The summed E-state index contributed by atoms with van der Waals surface area (Å²) >= 11 is 1.65. The minimum Gasteiger partial charge on any atom is -0.348 e. The van der Waals surface area contributed by atoms with Gasteiger partial charge in [-0.1, -0.05) is 30.3 Å². The third-order valence-electron chi connectivity index (χ3n) is 5.27. The van der Waals surface area contributed by atoms with Crippen LogP contribution in [-0.4, -0.2) is 53.4 Å². The van der Waals surface area contributed by atoms with Crippen molar-refractivity contribution in [3.8, 4) is 0 Å². The highest BCUT2D eigenvalue weighted by atomic mass is 32.1. The van der Waals surface area contributed by atoms with Crippen LogP contribution in [0.15, 0.2) is 41.2 Å². The van der Waals surface area contributed by atoms with Crippen LogP contribution in [-0.2, 0) is 11.3 Å². The van der Waals surface area contributed by atoms with Gasteiger partial charge in [0.25, 0.3) is 0 Å². The molecule has 0 radical (unpaired) electrons. The number of piperazine rings is 1. The van der Waals surface area contributed by atoms with Crippen molar-refractivity contribution in [2.45, 2.75) is 25.4 Å². The van der Waals surface area contributed by atoms with Gasteiger partial charge in [-0.25, -0.2) is 4.98 Å². The molecule has 2 fully saturated rings. The average Bonchev–Trinajstić information content (AvgIpc) is 3.38. The Kier molecular flexibility index (Phi) is 5.62. The summed E-state index contributed by atoms with van der Waals surface area (Å²) in [5.74, 6) is 0.759. The Morgan fingerprint density at radius 1 is 1.15 bits per heavy atom. The molecular weight excluding hydrogens is 344 g/mol. The maximum atomic E-state index is 12.6. The summed E-state index contributed by atoms with van der Waals surface area (Å²) in [6.45, 7) is 5.29. The molecule has 1 saturated heterocycles. The van der Waals surface area contributed by atoms with Crippen LogP contribution in [0.2, 0.25) is 0 Å². The van der Waals surface area contributed by atoms with Gasteiger partial charge in [0.1, 0.15) is 0 Å². The molecular formula is C20H26N4OS. The summed E-state index contributed by atoms with van der Waals surface area (Å²) in [5.41, 5.74) is 4.27. The van der Waals surface area contributed by atoms with Crippen molar-refractivity contribution in [3.63, 3.8) is 0 Å². The summed E-state index contributed by atoms with van der Waals surface area (Å²) in [6, 6.07) is 10.6.